The Hall–Kier alpha value is -1.52. The molecule has 0 aromatic heterocycles. The number of anilines is 1. The second kappa shape index (κ2) is 8.62. The molecular weight excluding hydrogens is 256 g/mol. The number of fused-ring (bicyclic) bond motifs is 1. The molecule has 110 valence electrons. The van der Waals surface area contributed by atoms with Crippen LogP contribution in [0, 0.1) is 5.82 Å². The average molecular weight is 279 g/mol. The predicted octanol–water partition coefficient (Wildman–Crippen LogP) is 3.66. The van der Waals surface area contributed by atoms with Crippen molar-refractivity contribution in [2.75, 3.05) is 11.9 Å². The molecule has 2 rings (SSSR count). The monoisotopic (exact) mass is 279 g/mol. The van der Waals surface area contributed by atoms with E-state index in [2.05, 4.69) is 5.32 Å². The Kier molecular flexibility index (Phi) is 7.12. The van der Waals surface area contributed by atoms with E-state index in [0.29, 0.717) is 30.0 Å². The molecule has 0 fully saturated rings. The number of rotatable bonds is 1. The highest BCUT2D eigenvalue weighted by Crippen LogP contribution is 2.29. The smallest absolute Gasteiger partial charge is 0.224 e. The molecule has 2 radical (unpaired) electrons. The van der Waals surface area contributed by atoms with Crippen LogP contribution in [-0.4, -0.2) is 20.4 Å². The summed E-state index contributed by atoms with van der Waals surface area (Å²) in [5.74, 6) is -0.0983. The van der Waals surface area contributed by atoms with Crippen molar-refractivity contribution in [3.05, 3.63) is 23.5 Å². The van der Waals surface area contributed by atoms with Gasteiger partial charge in [-0.25, -0.2) is 4.39 Å². The Bertz CT molecular complexity index is 458. The molecule has 20 heavy (non-hydrogen) atoms. The number of halogens is 1. The van der Waals surface area contributed by atoms with Gasteiger partial charge in [-0.1, -0.05) is 20.2 Å². The zero-order valence-electron chi connectivity index (χ0n) is 12.2. The molecule has 0 spiro atoms. The summed E-state index contributed by atoms with van der Waals surface area (Å²) < 4.78 is 19.1. The van der Waals surface area contributed by atoms with Gasteiger partial charge < -0.3 is 10.1 Å². The molecule has 0 saturated heterocycles. The third-order valence-corrected chi connectivity index (χ3v) is 2.95. The lowest BCUT2D eigenvalue weighted by molar-refractivity contribution is -0.116. The molecule has 1 amide bonds. The highest BCUT2D eigenvalue weighted by atomic mass is 19.1. The van der Waals surface area contributed by atoms with E-state index in [0.717, 1.165) is 19.3 Å². The number of hydrogen-bond donors (Lipinski definition) is 1. The second-order valence-corrected chi connectivity index (χ2v) is 4.35. The number of ether oxygens (including phenoxy) is 1. The Morgan fingerprint density at radius 1 is 1.35 bits per heavy atom. The van der Waals surface area contributed by atoms with Crippen LogP contribution in [0.1, 0.15) is 46.5 Å². The number of carbonyl (C=O) groups is 1. The second-order valence-electron chi connectivity index (χ2n) is 4.35. The zero-order valence-corrected chi connectivity index (χ0v) is 12.2. The first-order chi connectivity index (χ1) is 9.70. The minimum Gasteiger partial charge on any atom is -0.491 e. The summed E-state index contributed by atoms with van der Waals surface area (Å²) in [5, 5.41) is 2.75. The first-order valence-electron chi connectivity index (χ1n) is 7.16. The van der Waals surface area contributed by atoms with Crippen LogP contribution in [0.4, 0.5) is 10.1 Å². The van der Waals surface area contributed by atoms with Crippen LogP contribution in [-0.2, 0) is 11.1 Å². The van der Waals surface area contributed by atoms with Gasteiger partial charge in [0.05, 0.1) is 20.1 Å². The lowest BCUT2D eigenvalue weighted by Crippen LogP contribution is -2.15. The van der Waals surface area contributed by atoms with Gasteiger partial charge in [0.15, 0.2) is 0 Å². The van der Waals surface area contributed by atoms with Gasteiger partial charge in [-0.15, -0.1) is 0 Å². The van der Waals surface area contributed by atoms with Gasteiger partial charge in [-0.05, 0) is 30.9 Å². The Labute approximate surface area is 122 Å². The van der Waals surface area contributed by atoms with Crippen LogP contribution in [0.5, 0.6) is 5.75 Å². The van der Waals surface area contributed by atoms with Crippen molar-refractivity contribution in [3.63, 3.8) is 0 Å². The van der Waals surface area contributed by atoms with Crippen molar-refractivity contribution in [3.8, 4) is 5.75 Å². The lowest BCUT2D eigenvalue weighted by atomic mass is 9.96. The Balaban J connectivity index is 0.00000128. The molecule has 1 heterocycles. The summed E-state index contributed by atoms with van der Waals surface area (Å²) >= 11 is 0. The van der Waals surface area contributed by atoms with Crippen LogP contribution in [0.3, 0.4) is 0 Å². The van der Waals surface area contributed by atoms with Gasteiger partial charge in [0, 0.05) is 13.9 Å². The summed E-state index contributed by atoms with van der Waals surface area (Å²) in [6.45, 7) is 4.53. The molecule has 0 unspecified atom stereocenters. The van der Waals surface area contributed by atoms with Gasteiger partial charge in [0.25, 0.3) is 0 Å². The van der Waals surface area contributed by atoms with Crippen molar-refractivity contribution in [2.24, 2.45) is 0 Å². The molecule has 1 aromatic carbocycles. The van der Waals surface area contributed by atoms with Crippen LogP contribution in [0.2, 0.25) is 0 Å². The molecule has 0 aliphatic carbocycles. The number of nitrogens with one attached hydrogen (secondary N) is 1. The van der Waals surface area contributed by atoms with E-state index in [1.165, 1.54) is 6.07 Å². The maximum Gasteiger partial charge on any atom is 0.224 e. The van der Waals surface area contributed by atoms with Crippen molar-refractivity contribution in [1.82, 2.24) is 0 Å². The van der Waals surface area contributed by atoms with E-state index in [9.17, 15) is 9.18 Å². The number of benzene rings is 1. The maximum atomic E-state index is 13.6. The molecule has 1 aromatic rings. The first-order valence-corrected chi connectivity index (χ1v) is 7.16. The minimum atomic E-state index is -0.400. The summed E-state index contributed by atoms with van der Waals surface area (Å²) in [4.78, 5) is 11.7. The van der Waals surface area contributed by atoms with E-state index in [4.69, 9.17) is 12.6 Å². The standard InChI is InChI=1S/C13H15BFNO2.C2H6.H2/c14-8-9-6-11-12(7-10(9)15)18-5-3-1-2-4-13(17)16-11;1-2;/h6-7H,1-5,8H2,(H,16,17);1-2H3;1H. The van der Waals surface area contributed by atoms with Gasteiger partial charge >= 0.3 is 0 Å². The molecule has 0 bridgehead atoms. The number of hydrogen-bond acceptors (Lipinski definition) is 2. The fraction of sp³-hybridized carbons (Fsp3) is 0.533. The third-order valence-electron chi connectivity index (χ3n) is 2.95. The van der Waals surface area contributed by atoms with Crippen molar-refractivity contribution >= 4 is 19.4 Å². The van der Waals surface area contributed by atoms with Crippen molar-refractivity contribution in [2.45, 2.75) is 45.9 Å². The highest BCUT2D eigenvalue weighted by Gasteiger charge is 2.13. The van der Waals surface area contributed by atoms with Gasteiger partial charge in [-0.3, -0.25) is 4.79 Å². The maximum absolute atomic E-state index is 13.6. The minimum absolute atomic E-state index is 0. The van der Waals surface area contributed by atoms with E-state index in [1.54, 1.807) is 6.07 Å². The van der Waals surface area contributed by atoms with Crippen LogP contribution >= 0.6 is 0 Å². The largest absolute Gasteiger partial charge is 0.491 e. The molecule has 1 N–H and O–H groups in total. The molecular formula is C15H23BFNO2. The molecule has 0 saturated carbocycles. The molecule has 3 nitrogen and oxygen atoms in total. The van der Waals surface area contributed by atoms with E-state index in [1.807, 2.05) is 13.8 Å². The fourth-order valence-corrected chi connectivity index (χ4v) is 1.93. The van der Waals surface area contributed by atoms with Gasteiger partial charge in [-0.2, -0.15) is 0 Å². The molecule has 1 aliphatic heterocycles. The summed E-state index contributed by atoms with van der Waals surface area (Å²) in [5.41, 5.74) is 0.874. The predicted molar refractivity (Wildman–Crippen MR) is 81.9 cm³/mol. The summed E-state index contributed by atoms with van der Waals surface area (Å²) in [7, 11) is 5.45. The Morgan fingerprint density at radius 2 is 2.10 bits per heavy atom. The third kappa shape index (κ3) is 4.55. The Morgan fingerprint density at radius 3 is 2.80 bits per heavy atom. The van der Waals surface area contributed by atoms with Crippen molar-refractivity contribution < 1.29 is 15.3 Å². The number of carbonyl (C=O) groups excluding carboxylic acids is 1. The van der Waals surface area contributed by atoms with Crippen LogP contribution in [0.15, 0.2) is 12.1 Å². The van der Waals surface area contributed by atoms with Gasteiger partial charge in [0.1, 0.15) is 11.6 Å². The van der Waals surface area contributed by atoms with E-state index in [-0.39, 0.29) is 13.7 Å². The highest BCUT2D eigenvalue weighted by molar-refractivity contribution is 6.08. The normalized spacial score (nSPS) is 15.1. The molecule has 5 heteroatoms. The van der Waals surface area contributed by atoms with Gasteiger partial charge in [0.2, 0.25) is 5.91 Å². The first kappa shape index (κ1) is 16.5. The summed E-state index contributed by atoms with van der Waals surface area (Å²) in [6, 6.07) is 2.84. The van der Waals surface area contributed by atoms with E-state index >= 15 is 0 Å². The summed E-state index contributed by atoms with van der Waals surface area (Å²) in [6.07, 6.45) is 3.22. The quantitative estimate of drug-likeness (QED) is 0.797. The van der Waals surface area contributed by atoms with Crippen LogP contribution in [0.25, 0.3) is 0 Å². The number of amides is 1. The fourth-order valence-electron chi connectivity index (χ4n) is 1.93. The molecule has 0 atom stereocenters. The zero-order chi connectivity index (χ0) is 15.0. The SMILES string of the molecule is CC.[B]Cc1cc2c(cc1F)OCCCCCC(=O)N2.[HH]. The topological polar surface area (TPSA) is 38.3 Å². The van der Waals surface area contributed by atoms with Crippen molar-refractivity contribution in [1.29, 1.82) is 0 Å². The van der Waals surface area contributed by atoms with E-state index < -0.39 is 5.82 Å². The molecule has 1 aliphatic rings. The van der Waals surface area contributed by atoms with Crippen LogP contribution < -0.4 is 10.1 Å². The lowest BCUT2D eigenvalue weighted by Gasteiger charge is -2.16. The average Bonchev–Trinajstić information content (AvgIpc) is 2.47.